The maximum absolute atomic E-state index is 13.0. The van der Waals surface area contributed by atoms with Crippen molar-refractivity contribution < 1.29 is 4.79 Å². The van der Waals surface area contributed by atoms with Crippen LogP contribution in [0.5, 0.6) is 0 Å². The van der Waals surface area contributed by atoms with Crippen LogP contribution in [0.25, 0.3) is 0 Å². The summed E-state index contributed by atoms with van der Waals surface area (Å²) in [6.07, 6.45) is 17.6. The minimum atomic E-state index is -0.261. The molecule has 0 bridgehead atoms. The van der Waals surface area contributed by atoms with Crippen molar-refractivity contribution in [3.63, 3.8) is 0 Å². The molecular formula is C21H33BO. The molecule has 1 aliphatic heterocycles. The first-order chi connectivity index (χ1) is 11.0. The van der Waals surface area contributed by atoms with Gasteiger partial charge in [-0.1, -0.05) is 89.0 Å². The monoisotopic (exact) mass is 312 g/mol. The van der Waals surface area contributed by atoms with E-state index < -0.39 is 0 Å². The van der Waals surface area contributed by atoms with Crippen molar-refractivity contribution in [3.8, 4) is 0 Å². The number of carbonyl (C=O) groups is 1. The van der Waals surface area contributed by atoms with Crippen molar-refractivity contribution in [1.29, 1.82) is 0 Å². The fourth-order valence-corrected chi connectivity index (χ4v) is 4.36. The highest BCUT2D eigenvalue weighted by Gasteiger charge is 2.41. The van der Waals surface area contributed by atoms with E-state index in [0.29, 0.717) is 12.6 Å². The zero-order valence-corrected chi connectivity index (χ0v) is 15.4. The predicted molar refractivity (Wildman–Crippen MR) is 102 cm³/mol. The Kier molecular flexibility index (Phi) is 6.50. The van der Waals surface area contributed by atoms with Crippen molar-refractivity contribution in [1.82, 2.24) is 0 Å². The topological polar surface area (TPSA) is 17.1 Å². The number of hydrogen-bond donors (Lipinski definition) is 0. The molecule has 0 amide bonds. The summed E-state index contributed by atoms with van der Waals surface area (Å²) in [7, 11) is 0. The van der Waals surface area contributed by atoms with Gasteiger partial charge in [0.15, 0.2) is 12.5 Å². The van der Waals surface area contributed by atoms with Gasteiger partial charge >= 0.3 is 0 Å². The molecule has 0 spiro atoms. The molecule has 1 saturated carbocycles. The van der Waals surface area contributed by atoms with Gasteiger partial charge in [0, 0.05) is 10.9 Å². The van der Waals surface area contributed by atoms with Crippen LogP contribution in [-0.4, -0.2) is 12.5 Å². The first-order valence-electron chi connectivity index (χ1n) is 9.52. The molecule has 0 aromatic rings. The highest BCUT2D eigenvalue weighted by Crippen LogP contribution is 2.41. The van der Waals surface area contributed by atoms with E-state index in [9.17, 15) is 4.79 Å². The Morgan fingerprint density at radius 3 is 2.22 bits per heavy atom. The number of carbonyl (C=O) groups excluding carboxylic acids is 1. The molecule has 0 aromatic carbocycles. The van der Waals surface area contributed by atoms with Crippen LogP contribution in [0.1, 0.15) is 65.7 Å². The Hall–Kier alpha value is -1.05. The Labute approximate surface area is 143 Å². The largest absolute Gasteiger partial charge is 0.294 e. The van der Waals surface area contributed by atoms with Crippen LogP contribution in [0.3, 0.4) is 0 Å². The molecule has 1 nitrogen and oxygen atoms in total. The van der Waals surface area contributed by atoms with Gasteiger partial charge in [0.25, 0.3) is 0 Å². The van der Waals surface area contributed by atoms with Crippen molar-refractivity contribution in [2.24, 2.45) is 5.92 Å². The van der Waals surface area contributed by atoms with E-state index in [1.54, 1.807) is 6.08 Å². The predicted octanol–water partition coefficient (Wildman–Crippen LogP) is 6.26. The van der Waals surface area contributed by atoms with E-state index in [1.165, 1.54) is 63.2 Å². The molecule has 126 valence electrons. The first-order valence-corrected chi connectivity index (χ1v) is 9.52. The minimum Gasteiger partial charge on any atom is -0.294 e. The van der Waals surface area contributed by atoms with Crippen molar-refractivity contribution in [2.45, 2.75) is 83.7 Å². The van der Waals surface area contributed by atoms with Crippen LogP contribution < -0.4 is 0 Å². The molecule has 1 saturated heterocycles. The number of Topliss-reactive ketones (excluding diaryl/α,β-unsaturated/α-hetero) is 1. The SMILES string of the molecule is C=C/C(=C\C=C(/C)C1CCCCC1)C(=O)C(C)(C)B1CCCC1. The molecule has 0 atom stereocenters. The van der Waals surface area contributed by atoms with Crippen molar-refractivity contribution in [2.75, 3.05) is 0 Å². The quantitative estimate of drug-likeness (QED) is 0.321. The van der Waals surface area contributed by atoms with Gasteiger partial charge in [-0.25, -0.2) is 0 Å². The smallest absolute Gasteiger partial charge is 0.161 e. The lowest BCUT2D eigenvalue weighted by Crippen LogP contribution is -2.33. The van der Waals surface area contributed by atoms with E-state index in [2.05, 4.69) is 33.4 Å². The summed E-state index contributed by atoms with van der Waals surface area (Å²) < 4.78 is 0. The molecule has 2 aliphatic rings. The van der Waals surface area contributed by atoms with Gasteiger partial charge in [0.2, 0.25) is 0 Å². The Bertz CT molecular complexity index is 486. The third kappa shape index (κ3) is 4.49. The fraction of sp³-hybridized carbons (Fsp3) is 0.667. The summed E-state index contributed by atoms with van der Waals surface area (Å²) in [5.74, 6) is 0.983. The van der Waals surface area contributed by atoms with Crippen LogP contribution in [0.4, 0.5) is 0 Å². The molecule has 0 radical (unpaired) electrons. The second-order valence-corrected chi connectivity index (χ2v) is 8.10. The third-order valence-corrected chi connectivity index (χ3v) is 6.22. The zero-order chi connectivity index (χ0) is 16.9. The summed E-state index contributed by atoms with van der Waals surface area (Å²) in [5.41, 5.74) is 2.22. The van der Waals surface area contributed by atoms with Gasteiger partial charge in [-0.2, -0.15) is 0 Å². The van der Waals surface area contributed by atoms with E-state index in [4.69, 9.17) is 0 Å². The summed E-state index contributed by atoms with van der Waals surface area (Å²) >= 11 is 0. The van der Waals surface area contributed by atoms with Gasteiger partial charge in [0.1, 0.15) is 0 Å². The minimum absolute atomic E-state index is 0.261. The molecule has 2 heteroatoms. The lowest BCUT2D eigenvalue weighted by molar-refractivity contribution is -0.117. The normalized spacial score (nSPS) is 21.6. The van der Waals surface area contributed by atoms with Crippen LogP contribution in [0.15, 0.2) is 36.0 Å². The summed E-state index contributed by atoms with van der Waals surface area (Å²) in [6, 6.07) is 0. The zero-order valence-electron chi connectivity index (χ0n) is 15.4. The van der Waals surface area contributed by atoms with Crippen LogP contribution in [0, 0.1) is 5.92 Å². The third-order valence-electron chi connectivity index (χ3n) is 6.22. The average molecular weight is 312 g/mol. The Balaban J connectivity index is 2.10. The van der Waals surface area contributed by atoms with Gasteiger partial charge < -0.3 is 0 Å². The van der Waals surface area contributed by atoms with Crippen LogP contribution in [-0.2, 0) is 4.79 Å². The van der Waals surface area contributed by atoms with Crippen LogP contribution in [0.2, 0.25) is 18.0 Å². The molecule has 0 aromatic heterocycles. The lowest BCUT2D eigenvalue weighted by atomic mass is 9.32. The van der Waals surface area contributed by atoms with E-state index in [-0.39, 0.29) is 11.1 Å². The molecule has 23 heavy (non-hydrogen) atoms. The Morgan fingerprint density at radius 2 is 1.65 bits per heavy atom. The Morgan fingerprint density at radius 1 is 1.04 bits per heavy atom. The lowest BCUT2D eigenvalue weighted by Gasteiger charge is -2.28. The van der Waals surface area contributed by atoms with Gasteiger partial charge in [-0.05, 0) is 25.7 Å². The maximum atomic E-state index is 13.0. The molecule has 1 heterocycles. The van der Waals surface area contributed by atoms with Crippen molar-refractivity contribution in [3.05, 3.63) is 36.0 Å². The number of ketones is 1. The summed E-state index contributed by atoms with van der Waals surface area (Å²) in [4.78, 5) is 13.0. The fourth-order valence-electron chi connectivity index (χ4n) is 4.36. The van der Waals surface area contributed by atoms with E-state index in [1.807, 2.05) is 6.08 Å². The standard InChI is InChI=1S/C21H33BO/c1-5-18(14-13-17(2)19-11-7-6-8-12-19)20(23)21(3,4)22-15-9-10-16-22/h5,13-14,19H,1,6-12,15-16H2,2-4H3/b17-13+,18-14+. The molecule has 1 aliphatic carbocycles. The second-order valence-electron chi connectivity index (χ2n) is 8.10. The van der Waals surface area contributed by atoms with Gasteiger partial charge in [0.05, 0.1) is 0 Å². The van der Waals surface area contributed by atoms with Crippen molar-refractivity contribution >= 4 is 12.5 Å². The second kappa shape index (κ2) is 8.17. The average Bonchev–Trinajstić information content (AvgIpc) is 3.11. The van der Waals surface area contributed by atoms with E-state index in [0.717, 1.165) is 5.57 Å². The summed E-state index contributed by atoms with van der Waals surface area (Å²) in [6.45, 7) is 10.9. The first kappa shape index (κ1) is 18.3. The van der Waals surface area contributed by atoms with E-state index >= 15 is 0 Å². The van der Waals surface area contributed by atoms with Crippen LogP contribution >= 0.6 is 0 Å². The molecule has 2 fully saturated rings. The highest BCUT2D eigenvalue weighted by molar-refractivity contribution is 6.68. The number of allylic oxidation sites excluding steroid dienone is 5. The van der Waals surface area contributed by atoms with Gasteiger partial charge in [-0.15, -0.1) is 0 Å². The van der Waals surface area contributed by atoms with Gasteiger partial charge in [-0.3, -0.25) is 4.79 Å². The molecule has 2 rings (SSSR count). The molecule has 0 N–H and O–H groups in total. The number of hydrogen-bond acceptors (Lipinski definition) is 1. The summed E-state index contributed by atoms with van der Waals surface area (Å²) in [5, 5.41) is -0.261. The molecule has 0 unspecified atom stereocenters. The number of rotatable bonds is 6. The maximum Gasteiger partial charge on any atom is 0.161 e. The highest BCUT2D eigenvalue weighted by atomic mass is 16.1. The molecular weight excluding hydrogens is 279 g/mol.